The zero-order valence-corrected chi connectivity index (χ0v) is 19.7. The van der Waals surface area contributed by atoms with Gasteiger partial charge in [-0.3, -0.25) is 14.7 Å². The number of nitrogens with one attached hydrogen (secondary N) is 1. The van der Waals surface area contributed by atoms with E-state index in [4.69, 9.17) is 0 Å². The number of rotatable bonds is 4. The van der Waals surface area contributed by atoms with E-state index in [1.165, 1.54) is 0 Å². The Morgan fingerprint density at radius 3 is 2.24 bits per heavy atom. The Labute approximate surface area is 190 Å². The number of benzene rings is 1. The van der Waals surface area contributed by atoms with E-state index in [0.29, 0.717) is 5.75 Å². The number of para-hydroxylation sites is 2. The standard InChI is InChI=1S/C20H32N6O2.HI/c1-17(27)24-11-9-23(10-12-24)8-7-22-20(21-2)26-15-13-25(14-16-26)18-5-3-4-6-19(18)28;/h3-6,28H,7-16H2,1-2H3,(H,21,22);1H. The molecule has 9 heteroatoms. The Bertz CT molecular complexity index is 685. The van der Waals surface area contributed by atoms with Crippen LogP contribution in [-0.4, -0.2) is 104 Å². The van der Waals surface area contributed by atoms with Gasteiger partial charge in [0.25, 0.3) is 0 Å². The summed E-state index contributed by atoms with van der Waals surface area (Å²) in [6.07, 6.45) is 0. The average molecular weight is 516 g/mol. The molecule has 2 aliphatic heterocycles. The molecule has 0 saturated carbocycles. The monoisotopic (exact) mass is 516 g/mol. The highest BCUT2D eigenvalue weighted by atomic mass is 127. The largest absolute Gasteiger partial charge is 0.506 e. The zero-order valence-electron chi connectivity index (χ0n) is 17.4. The van der Waals surface area contributed by atoms with Crippen LogP contribution in [0.25, 0.3) is 0 Å². The first-order chi connectivity index (χ1) is 13.6. The summed E-state index contributed by atoms with van der Waals surface area (Å²) < 4.78 is 0. The van der Waals surface area contributed by atoms with E-state index in [9.17, 15) is 9.90 Å². The predicted octanol–water partition coefficient (Wildman–Crippen LogP) is 0.872. The quantitative estimate of drug-likeness (QED) is 0.352. The normalized spacial score (nSPS) is 18.4. The number of hydrogen-bond acceptors (Lipinski definition) is 5. The molecule has 1 amide bonds. The number of amides is 1. The van der Waals surface area contributed by atoms with Crippen molar-refractivity contribution in [1.82, 2.24) is 20.0 Å². The minimum atomic E-state index is 0. The van der Waals surface area contributed by atoms with Crippen molar-refractivity contribution >= 4 is 41.5 Å². The number of phenolic OH excluding ortho intramolecular Hbond substituents is 1. The van der Waals surface area contributed by atoms with Crippen LogP contribution in [0.15, 0.2) is 29.3 Å². The van der Waals surface area contributed by atoms with Crippen LogP contribution in [0.2, 0.25) is 0 Å². The van der Waals surface area contributed by atoms with Crippen LogP contribution in [0.4, 0.5) is 5.69 Å². The van der Waals surface area contributed by atoms with Crippen LogP contribution < -0.4 is 10.2 Å². The number of carbonyl (C=O) groups excluding carboxylic acids is 1. The average Bonchev–Trinajstić information content (AvgIpc) is 2.72. The SMILES string of the molecule is CN=C(NCCN1CCN(C(C)=O)CC1)N1CCN(c2ccccc2O)CC1.I. The van der Waals surface area contributed by atoms with E-state index in [2.05, 4.69) is 25.0 Å². The molecule has 2 N–H and O–H groups in total. The molecule has 0 aliphatic carbocycles. The lowest BCUT2D eigenvalue weighted by molar-refractivity contribution is -0.130. The highest BCUT2D eigenvalue weighted by molar-refractivity contribution is 14.0. The van der Waals surface area contributed by atoms with Crippen molar-refractivity contribution < 1.29 is 9.90 Å². The van der Waals surface area contributed by atoms with Crippen LogP contribution in [-0.2, 0) is 4.79 Å². The highest BCUT2D eigenvalue weighted by Gasteiger charge is 2.22. The maximum Gasteiger partial charge on any atom is 0.219 e. The van der Waals surface area contributed by atoms with Gasteiger partial charge in [-0.05, 0) is 12.1 Å². The van der Waals surface area contributed by atoms with Crippen LogP contribution in [0.1, 0.15) is 6.92 Å². The molecule has 3 rings (SSSR count). The first kappa shape index (κ1) is 23.5. The van der Waals surface area contributed by atoms with Crippen molar-refractivity contribution in [2.45, 2.75) is 6.92 Å². The summed E-state index contributed by atoms with van der Waals surface area (Å²) in [5.74, 6) is 1.43. The van der Waals surface area contributed by atoms with Gasteiger partial charge < -0.3 is 25.1 Å². The Morgan fingerprint density at radius 1 is 1.03 bits per heavy atom. The van der Waals surface area contributed by atoms with Gasteiger partial charge in [0.05, 0.1) is 5.69 Å². The number of aliphatic imine (C=N–C) groups is 1. The van der Waals surface area contributed by atoms with Crippen molar-refractivity contribution in [3.05, 3.63) is 24.3 Å². The molecular formula is C20H33IN6O2. The van der Waals surface area contributed by atoms with Gasteiger partial charge in [-0.1, -0.05) is 12.1 Å². The number of carbonyl (C=O) groups is 1. The molecule has 8 nitrogen and oxygen atoms in total. The van der Waals surface area contributed by atoms with Gasteiger partial charge in [0.2, 0.25) is 5.91 Å². The molecule has 0 unspecified atom stereocenters. The Kier molecular flexibility index (Phi) is 9.28. The van der Waals surface area contributed by atoms with Crippen LogP contribution >= 0.6 is 24.0 Å². The number of anilines is 1. The van der Waals surface area contributed by atoms with Crippen LogP contribution in [0, 0.1) is 0 Å². The number of nitrogens with zero attached hydrogens (tertiary/aromatic N) is 5. The fraction of sp³-hybridized carbons (Fsp3) is 0.600. The third-order valence-corrected chi connectivity index (χ3v) is 5.54. The summed E-state index contributed by atoms with van der Waals surface area (Å²) in [6.45, 7) is 10.4. The summed E-state index contributed by atoms with van der Waals surface area (Å²) in [5.41, 5.74) is 0.898. The van der Waals surface area contributed by atoms with Gasteiger partial charge in [0, 0.05) is 79.4 Å². The molecule has 0 aromatic heterocycles. The van der Waals surface area contributed by atoms with Crippen molar-refractivity contribution in [1.29, 1.82) is 0 Å². The highest BCUT2D eigenvalue weighted by Crippen LogP contribution is 2.27. The number of hydrogen-bond donors (Lipinski definition) is 2. The first-order valence-electron chi connectivity index (χ1n) is 10.0. The van der Waals surface area contributed by atoms with Crippen molar-refractivity contribution in [3.8, 4) is 5.75 Å². The molecule has 29 heavy (non-hydrogen) atoms. The Morgan fingerprint density at radius 2 is 1.66 bits per heavy atom. The summed E-state index contributed by atoms with van der Waals surface area (Å²) in [6, 6.07) is 7.50. The summed E-state index contributed by atoms with van der Waals surface area (Å²) in [5, 5.41) is 13.5. The van der Waals surface area contributed by atoms with Gasteiger partial charge in [-0.2, -0.15) is 0 Å². The third kappa shape index (κ3) is 6.36. The van der Waals surface area contributed by atoms with Crippen molar-refractivity contribution in [3.63, 3.8) is 0 Å². The molecule has 1 aromatic rings. The lowest BCUT2D eigenvalue weighted by atomic mass is 10.2. The number of phenols is 1. The summed E-state index contributed by atoms with van der Waals surface area (Å²) in [7, 11) is 1.82. The van der Waals surface area contributed by atoms with Crippen molar-refractivity contribution in [2.75, 3.05) is 77.4 Å². The molecule has 0 bridgehead atoms. The van der Waals surface area contributed by atoms with Crippen molar-refractivity contribution in [2.24, 2.45) is 4.99 Å². The third-order valence-electron chi connectivity index (χ3n) is 5.54. The number of piperazine rings is 2. The zero-order chi connectivity index (χ0) is 19.9. The molecule has 0 radical (unpaired) electrons. The van der Waals surface area contributed by atoms with Gasteiger partial charge in [-0.15, -0.1) is 24.0 Å². The molecule has 162 valence electrons. The smallest absolute Gasteiger partial charge is 0.219 e. The van der Waals surface area contributed by atoms with E-state index < -0.39 is 0 Å². The molecular weight excluding hydrogens is 483 g/mol. The minimum Gasteiger partial charge on any atom is -0.506 e. The second-order valence-corrected chi connectivity index (χ2v) is 7.28. The number of guanidine groups is 1. The van der Waals surface area contributed by atoms with E-state index in [0.717, 1.165) is 77.1 Å². The summed E-state index contributed by atoms with van der Waals surface area (Å²) in [4.78, 5) is 24.6. The second kappa shape index (κ2) is 11.4. The molecule has 2 aliphatic rings. The Balaban J connectivity index is 0.00000300. The van der Waals surface area contributed by atoms with E-state index in [1.54, 1.807) is 13.0 Å². The Hall–Kier alpha value is -1.75. The molecule has 2 fully saturated rings. The fourth-order valence-corrected chi connectivity index (χ4v) is 3.84. The lowest BCUT2D eigenvalue weighted by Crippen LogP contribution is -2.54. The second-order valence-electron chi connectivity index (χ2n) is 7.28. The van der Waals surface area contributed by atoms with Gasteiger partial charge >= 0.3 is 0 Å². The first-order valence-corrected chi connectivity index (χ1v) is 10.0. The lowest BCUT2D eigenvalue weighted by Gasteiger charge is -2.38. The topological polar surface area (TPSA) is 74.7 Å². The molecule has 0 spiro atoms. The maximum absolute atomic E-state index is 11.4. The van der Waals surface area contributed by atoms with E-state index in [1.807, 2.05) is 30.1 Å². The van der Waals surface area contributed by atoms with Gasteiger partial charge in [0.1, 0.15) is 5.75 Å². The summed E-state index contributed by atoms with van der Waals surface area (Å²) >= 11 is 0. The molecule has 1 aromatic carbocycles. The molecule has 0 atom stereocenters. The number of halogens is 1. The fourth-order valence-electron chi connectivity index (χ4n) is 3.84. The van der Waals surface area contributed by atoms with Gasteiger partial charge in [-0.25, -0.2) is 0 Å². The molecule has 2 saturated heterocycles. The minimum absolute atomic E-state index is 0. The maximum atomic E-state index is 11.4. The number of aromatic hydroxyl groups is 1. The van der Waals surface area contributed by atoms with Crippen LogP contribution in [0.5, 0.6) is 5.75 Å². The van der Waals surface area contributed by atoms with E-state index >= 15 is 0 Å². The van der Waals surface area contributed by atoms with E-state index in [-0.39, 0.29) is 29.9 Å². The van der Waals surface area contributed by atoms with Gasteiger partial charge in [0.15, 0.2) is 5.96 Å². The van der Waals surface area contributed by atoms with Crippen LogP contribution in [0.3, 0.4) is 0 Å². The molecule has 2 heterocycles. The predicted molar refractivity (Wildman–Crippen MR) is 127 cm³/mol.